The van der Waals surface area contributed by atoms with Crippen molar-refractivity contribution in [1.82, 2.24) is 0 Å². The fourth-order valence-corrected chi connectivity index (χ4v) is 5.65. The first kappa shape index (κ1) is 34.6. The molecule has 0 spiro atoms. The third kappa shape index (κ3) is 8.12. The fraction of sp³-hybridized carbons (Fsp3) is 0.222. The zero-order valence-electron chi connectivity index (χ0n) is 21.8. The van der Waals surface area contributed by atoms with Crippen LogP contribution in [0.25, 0.3) is 0 Å². The molecule has 2 atom stereocenters. The van der Waals surface area contributed by atoms with Crippen LogP contribution in [0.3, 0.4) is 0 Å². The van der Waals surface area contributed by atoms with E-state index in [4.69, 9.17) is 34.8 Å². The molecule has 18 heteroatoms. The highest BCUT2D eigenvalue weighted by Gasteiger charge is 2.67. The number of hydrogen-bond acceptors (Lipinski definition) is 4. The Morgan fingerprint density at radius 1 is 0.889 bits per heavy atom. The summed E-state index contributed by atoms with van der Waals surface area (Å²) in [6, 6.07) is 9.11. The molecule has 3 aromatic carbocycles. The van der Waals surface area contributed by atoms with Crippen LogP contribution in [-0.4, -0.2) is 33.3 Å². The van der Waals surface area contributed by atoms with Gasteiger partial charge in [0.15, 0.2) is 5.82 Å². The Kier molecular flexibility index (Phi) is 9.88. The van der Waals surface area contributed by atoms with E-state index in [1.54, 1.807) is 5.32 Å². The van der Waals surface area contributed by atoms with E-state index in [0.29, 0.717) is 6.07 Å². The maximum atomic E-state index is 15.0. The molecule has 0 radical (unpaired) electrons. The lowest BCUT2D eigenvalue weighted by molar-refractivity contribution is -0.137. The minimum Gasteiger partial charge on any atom is -0.326 e. The molecule has 1 saturated carbocycles. The first-order valence-electron chi connectivity index (χ1n) is 12.2. The number of hydrogen-bond donors (Lipinski definition) is 3. The van der Waals surface area contributed by atoms with Crippen LogP contribution in [-0.2, 0) is 15.8 Å². The molecular formula is C27H16Cl3F8N3O3S. The third-order valence-corrected chi connectivity index (χ3v) is 8.36. The molecule has 3 aromatic rings. The number of benzene rings is 3. The van der Waals surface area contributed by atoms with Gasteiger partial charge in [-0.1, -0.05) is 29.8 Å². The van der Waals surface area contributed by atoms with Crippen LogP contribution in [0, 0.1) is 17.6 Å². The van der Waals surface area contributed by atoms with Gasteiger partial charge in [-0.05, 0) is 53.7 Å². The fourth-order valence-electron chi connectivity index (χ4n) is 4.25. The molecule has 0 saturated heterocycles. The summed E-state index contributed by atoms with van der Waals surface area (Å²) >= 11 is 17.8. The Bertz CT molecular complexity index is 1670. The minimum absolute atomic E-state index is 0.0388. The Morgan fingerprint density at radius 2 is 1.58 bits per heavy atom. The van der Waals surface area contributed by atoms with Gasteiger partial charge in [0, 0.05) is 11.6 Å². The summed E-state index contributed by atoms with van der Waals surface area (Å²) in [5.74, 6) is -9.47. The lowest BCUT2D eigenvalue weighted by Crippen LogP contribution is -2.20. The van der Waals surface area contributed by atoms with E-state index in [2.05, 4.69) is 10.6 Å². The first-order chi connectivity index (χ1) is 20.8. The molecule has 0 aromatic heterocycles. The van der Waals surface area contributed by atoms with Gasteiger partial charge in [-0.25, -0.2) is 8.78 Å². The predicted octanol–water partition coefficient (Wildman–Crippen LogP) is 8.61. The number of rotatable bonds is 8. The highest BCUT2D eigenvalue weighted by Crippen LogP contribution is 2.65. The summed E-state index contributed by atoms with van der Waals surface area (Å²) in [6.45, 7) is 0. The second-order valence-electron chi connectivity index (χ2n) is 9.46. The number of halogens is 11. The van der Waals surface area contributed by atoms with Crippen molar-refractivity contribution in [2.24, 2.45) is 5.92 Å². The molecule has 1 fully saturated rings. The largest absolute Gasteiger partial charge is 0.442 e. The Labute approximate surface area is 267 Å². The van der Waals surface area contributed by atoms with Crippen molar-refractivity contribution in [3.8, 4) is 0 Å². The highest BCUT2D eigenvalue weighted by atomic mass is 35.5. The summed E-state index contributed by atoms with van der Waals surface area (Å²) in [6.07, 6.45) is -4.65. The monoisotopic (exact) mass is 719 g/mol. The zero-order chi connectivity index (χ0) is 33.5. The Balaban J connectivity index is 1.48. The van der Waals surface area contributed by atoms with Gasteiger partial charge < -0.3 is 16.0 Å². The lowest BCUT2D eigenvalue weighted by Gasteiger charge is -2.14. The van der Waals surface area contributed by atoms with Crippen molar-refractivity contribution in [2.75, 3.05) is 21.7 Å². The molecule has 3 N–H and O–H groups in total. The van der Waals surface area contributed by atoms with E-state index in [0.717, 1.165) is 30.3 Å². The van der Waals surface area contributed by atoms with Crippen LogP contribution in [0.15, 0.2) is 54.6 Å². The smallest absolute Gasteiger partial charge is 0.326 e. The highest BCUT2D eigenvalue weighted by molar-refractivity contribution is 8.00. The first-order valence-corrected chi connectivity index (χ1v) is 14.4. The van der Waals surface area contributed by atoms with E-state index in [1.807, 2.05) is 0 Å². The average Bonchev–Trinajstić information content (AvgIpc) is 3.53. The normalized spacial score (nSPS) is 17.4. The van der Waals surface area contributed by atoms with E-state index in [-0.39, 0.29) is 21.8 Å². The molecule has 0 heterocycles. The Morgan fingerprint density at radius 3 is 2.22 bits per heavy atom. The van der Waals surface area contributed by atoms with Gasteiger partial charge in [-0.15, -0.1) is 23.2 Å². The maximum Gasteiger partial charge on any atom is 0.442 e. The number of anilines is 3. The van der Waals surface area contributed by atoms with E-state index in [9.17, 15) is 49.5 Å². The van der Waals surface area contributed by atoms with Crippen LogP contribution in [0.2, 0.25) is 5.02 Å². The molecule has 240 valence electrons. The zero-order valence-corrected chi connectivity index (χ0v) is 24.9. The van der Waals surface area contributed by atoms with Crippen molar-refractivity contribution in [3.63, 3.8) is 0 Å². The van der Waals surface area contributed by atoms with Crippen molar-refractivity contribution in [1.29, 1.82) is 0 Å². The average molecular weight is 721 g/mol. The van der Waals surface area contributed by atoms with Gasteiger partial charge in [0.1, 0.15) is 15.8 Å². The van der Waals surface area contributed by atoms with Crippen LogP contribution in [0.1, 0.15) is 27.4 Å². The number of carbonyl (C=O) groups excluding carboxylic acids is 3. The minimum atomic E-state index is -4.77. The predicted molar refractivity (Wildman–Crippen MR) is 154 cm³/mol. The number of carbonyl (C=O) groups is 3. The SMILES string of the molecule is O=C(CSC(F)(F)F)Nc1c(F)ccc(NC(=O)c2cc(NC(=O)[C@H]3[C@H](c4cccc(C(F)(F)F)c4)C3(Cl)Cl)ccc2Cl)c1F. The van der Waals surface area contributed by atoms with Crippen LogP contribution < -0.4 is 16.0 Å². The molecule has 0 aliphatic heterocycles. The van der Waals surface area contributed by atoms with E-state index < -0.39 is 91.7 Å². The number of thioether (sulfide) groups is 1. The topological polar surface area (TPSA) is 87.3 Å². The van der Waals surface area contributed by atoms with Gasteiger partial charge in [0.25, 0.3) is 5.91 Å². The van der Waals surface area contributed by atoms with Gasteiger partial charge in [-0.3, -0.25) is 14.4 Å². The molecule has 0 bridgehead atoms. The Hall–Kier alpha value is -3.27. The number of amides is 3. The lowest BCUT2D eigenvalue weighted by atomic mass is 10.1. The molecule has 45 heavy (non-hydrogen) atoms. The maximum absolute atomic E-state index is 15.0. The number of nitrogens with one attached hydrogen (secondary N) is 3. The van der Waals surface area contributed by atoms with Gasteiger partial charge in [-0.2, -0.15) is 26.3 Å². The van der Waals surface area contributed by atoms with Crippen molar-refractivity contribution in [2.45, 2.75) is 21.9 Å². The van der Waals surface area contributed by atoms with Crippen LogP contribution in [0.5, 0.6) is 0 Å². The molecule has 6 nitrogen and oxygen atoms in total. The molecule has 1 aliphatic rings. The van der Waals surface area contributed by atoms with Gasteiger partial charge in [0.05, 0.1) is 33.5 Å². The third-order valence-electron chi connectivity index (χ3n) is 6.36. The molecule has 1 aliphatic carbocycles. The standard InChI is InChI=1S/C27H16Cl3F8N3O3S/c28-15-5-4-13(39-24(44)20-19(25(20,29)30)11-2-1-3-12(8-11)26(33,34)35)9-14(15)23(43)40-17-7-6-16(31)22(21(17)32)41-18(42)10-45-27(36,37)38/h1-9,19-20H,10H2,(H,39,44)(H,40,43)(H,41,42)/t19-,20+/m0/s1. The van der Waals surface area contributed by atoms with Crippen molar-refractivity contribution < 1.29 is 49.5 Å². The van der Waals surface area contributed by atoms with Crippen molar-refractivity contribution in [3.05, 3.63) is 87.9 Å². The summed E-state index contributed by atoms with van der Waals surface area (Å²) in [5.41, 5.74) is -7.82. The van der Waals surface area contributed by atoms with E-state index >= 15 is 0 Å². The van der Waals surface area contributed by atoms with Crippen molar-refractivity contribution >= 4 is 81.3 Å². The van der Waals surface area contributed by atoms with E-state index in [1.165, 1.54) is 18.2 Å². The molecule has 4 rings (SSSR count). The second-order valence-corrected chi connectivity index (χ2v) is 12.3. The molecular weight excluding hydrogens is 705 g/mol. The van der Waals surface area contributed by atoms with Gasteiger partial charge in [0.2, 0.25) is 11.8 Å². The summed E-state index contributed by atoms with van der Waals surface area (Å²) in [5, 5.41) is 6.02. The van der Waals surface area contributed by atoms with Crippen LogP contribution >= 0.6 is 46.6 Å². The van der Waals surface area contributed by atoms with Gasteiger partial charge >= 0.3 is 11.7 Å². The molecule has 3 amide bonds. The quantitative estimate of drug-likeness (QED) is 0.161. The summed E-state index contributed by atoms with van der Waals surface area (Å²) in [4.78, 5) is 37.7. The van der Waals surface area contributed by atoms with Crippen LogP contribution in [0.4, 0.5) is 52.2 Å². The molecule has 0 unspecified atom stereocenters. The second kappa shape index (κ2) is 12.9. The summed E-state index contributed by atoms with van der Waals surface area (Å²) < 4.78 is 104. The number of alkyl halides is 8. The summed E-state index contributed by atoms with van der Waals surface area (Å²) in [7, 11) is 0.